The third-order valence-corrected chi connectivity index (χ3v) is 2.85. The van der Waals surface area contributed by atoms with Gasteiger partial charge >= 0.3 is 0 Å². The monoisotopic (exact) mass is 288 g/mol. The summed E-state index contributed by atoms with van der Waals surface area (Å²) in [6.45, 7) is 0. The van der Waals surface area contributed by atoms with Crippen molar-refractivity contribution in [3.05, 3.63) is 70.5 Å². The SMILES string of the molecule is O[C@@H](Cc1ccccc1)c1c(F)c(F)c(F)c(F)c1F. The maximum Gasteiger partial charge on any atom is 0.200 e. The summed E-state index contributed by atoms with van der Waals surface area (Å²) < 4.78 is 65.9. The highest BCUT2D eigenvalue weighted by molar-refractivity contribution is 5.28. The Kier molecular flexibility index (Phi) is 4.04. The molecular weight excluding hydrogens is 279 g/mol. The summed E-state index contributed by atoms with van der Waals surface area (Å²) in [6.07, 6.45) is -2.10. The molecule has 0 radical (unpaired) electrons. The van der Waals surface area contributed by atoms with Crippen molar-refractivity contribution in [3.63, 3.8) is 0 Å². The number of aliphatic hydroxyl groups is 1. The molecule has 2 rings (SSSR count). The predicted octanol–water partition coefficient (Wildman–Crippen LogP) is 3.66. The van der Waals surface area contributed by atoms with E-state index in [1.807, 2.05) is 0 Å². The van der Waals surface area contributed by atoms with Gasteiger partial charge in [-0.15, -0.1) is 0 Å². The second-order valence-corrected chi connectivity index (χ2v) is 4.19. The molecule has 0 heterocycles. The van der Waals surface area contributed by atoms with Crippen LogP contribution < -0.4 is 0 Å². The number of hydrogen-bond donors (Lipinski definition) is 1. The average molecular weight is 288 g/mol. The second-order valence-electron chi connectivity index (χ2n) is 4.19. The zero-order valence-corrected chi connectivity index (χ0v) is 10.0. The van der Waals surface area contributed by atoms with Gasteiger partial charge in [0.15, 0.2) is 23.3 Å². The van der Waals surface area contributed by atoms with Crippen LogP contribution in [0.1, 0.15) is 17.2 Å². The smallest absolute Gasteiger partial charge is 0.200 e. The molecule has 0 saturated heterocycles. The van der Waals surface area contributed by atoms with E-state index in [4.69, 9.17) is 0 Å². The fourth-order valence-corrected chi connectivity index (χ4v) is 1.85. The number of hydrogen-bond acceptors (Lipinski definition) is 1. The maximum absolute atomic E-state index is 13.5. The first kappa shape index (κ1) is 14.5. The summed E-state index contributed by atoms with van der Waals surface area (Å²) in [4.78, 5) is 0. The van der Waals surface area contributed by atoms with E-state index in [0.717, 1.165) is 0 Å². The van der Waals surface area contributed by atoms with Crippen molar-refractivity contribution >= 4 is 0 Å². The third-order valence-electron chi connectivity index (χ3n) is 2.85. The predicted molar refractivity (Wildman–Crippen MR) is 61.3 cm³/mol. The van der Waals surface area contributed by atoms with Gasteiger partial charge in [0.25, 0.3) is 0 Å². The largest absolute Gasteiger partial charge is 0.388 e. The minimum Gasteiger partial charge on any atom is -0.388 e. The van der Waals surface area contributed by atoms with Crippen LogP contribution in [0.3, 0.4) is 0 Å². The molecule has 1 atom stereocenters. The van der Waals surface area contributed by atoms with E-state index in [-0.39, 0.29) is 6.42 Å². The zero-order chi connectivity index (χ0) is 14.9. The molecule has 0 unspecified atom stereocenters. The molecule has 0 saturated carbocycles. The van der Waals surface area contributed by atoms with Crippen molar-refractivity contribution < 1.29 is 27.1 Å². The molecular formula is C14H9F5O. The standard InChI is InChI=1S/C14H9F5O/c15-10-9(11(16)13(18)14(19)12(10)17)8(20)6-7-4-2-1-3-5-7/h1-5,8,20H,6H2/t8-/m0/s1. The van der Waals surface area contributed by atoms with Crippen LogP contribution in [-0.2, 0) is 6.42 Å². The summed E-state index contributed by atoms with van der Waals surface area (Å²) in [5.41, 5.74) is -0.714. The Bertz CT molecular complexity index is 598. The first-order valence-corrected chi connectivity index (χ1v) is 5.66. The maximum atomic E-state index is 13.5. The van der Waals surface area contributed by atoms with Crippen molar-refractivity contribution in [1.82, 2.24) is 0 Å². The normalized spacial score (nSPS) is 12.5. The molecule has 106 valence electrons. The Morgan fingerprint density at radius 2 is 1.20 bits per heavy atom. The van der Waals surface area contributed by atoms with E-state index in [1.165, 1.54) is 0 Å². The van der Waals surface area contributed by atoms with E-state index in [0.29, 0.717) is 5.56 Å². The minimum atomic E-state index is -2.24. The molecule has 0 fully saturated rings. The van der Waals surface area contributed by atoms with Crippen LogP contribution in [0.5, 0.6) is 0 Å². The Morgan fingerprint density at radius 1 is 0.750 bits per heavy atom. The first-order valence-electron chi connectivity index (χ1n) is 5.66. The second kappa shape index (κ2) is 5.58. The van der Waals surface area contributed by atoms with Crippen molar-refractivity contribution in [1.29, 1.82) is 0 Å². The molecule has 0 aromatic heterocycles. The van der Waals surface area contributed by atoms with Gasteiger partial charge in [0.05, 0.1) is 11.7 Å². The summed E-state index contributed by atoms with van der Waals surface area (Å²) in [5.74, 6) is -10.4. The Hall–Kier alpha value is -1.95. The van der Waals surface area contributed by atoms with Crippen molar-refractivity contribution in [2.75, 3.05) is 0 Å². The fraction of sp³-hybridized carbons (Fsp3) is 0.143. The van der Waals surface area contributed by atoms with E-state index in [9.17, 15) is 27.1 Å². The van der Waals surface area contributed by atoms with Crippen LogP contribution in [0.4, 0.5) is 22.0 Å². The number of aliphatic hydroxyl groups excluding tert-OH is 1. The van der Waals surface area contributed by atoms with Crippen LogP contribution in [0, 0.1) is 29.1 Å². The molecule has 0 aliphatic rings. The van der Waals surface area contributed by atoms with Gasteiger partial charge in [0.2, 0.25) is 5.82 Å². The van der Waals surface area contributed by atoms with E-state index in [2.05, 4.69) is 0 Å². The zero-order valence-electron chi connectivity index (χ0n) is 10.0. The fourth-order valence-electron chi connectivity index (χ4n) is 1.85. The molecule has 0 aliphatic heterocycles. The van der Waals surface area contributed by atoms with E-state index >= 15 is 0 Å². The highest BCUT2D eigenvalue weighted by atomic mass is 19.2. The minimum absolute atomic E-state index is 0.265. The van der Waals surface area contributed by atoms with Gasteiger partial charge in [-0.05, 0) is 5.56 Å². The van der Waals surface area contributed by atoms with Crippen LogP contribution in [0.25, 0.3) is 0 Å². The quantitative estimate of drug-likeness (QED) is 0.519. The molecule has 20 heavy (non-hydrogen) atoms. The topological polar surface area (TPSA) is 20.2 Å². The van der Waals surface area contributed by atoms with Gasteiger partial charge in [-0.2, -0.15) is 0 Å². The average Bonchev–Trinajstić information content (AvgIpc) is 2.44. The van der Waals surface area contributed by atoms with Crippen molar-refractivity contribution in [2.24, 2.45) is 0 Å². The molecule has 0 bridgehead atoms. The lowest BCUT2D eigenvalue weighted by Crippen LogP contribution is -2.13. The lowest BCUT2D eigenvalue weighted by Gasteiger charge is -2.14. The lowest BCUT2D eigenvalue weighted by molar-refractivity contribution is 0.164. The number of rotatable bonds is 3. The third kappa shape index (κ3) is 2.51. The summed E-state index contributed by atoms with van der Waals surface area (Å²) in [7, 11) is 0. The Balaban J connectivity index is 2.42. The molecule has 2 aromatic carbocycles. The van der Waals surface area contributed by atoms with Crippen LogP contribution in [0.15, 0.2) is 30.3 Å². The molecule has 0 aliphatic carbocycles. The summed E-state index contributed by atoms with van der Waals surface area (Å²) >= 11 is 0. The highest BCUT2D eigenvalue weighted by Crippen LogP contribution is 2.29. The highest BCUT2D eigenvalue weighted by Gasteiger charge is 2.29. The first-order chi connectivity index (χ1) is 9.43. The van der Waals surface area contributed by atoms with Gasteiger partial charge in [-0.25, -0.2) is 22.0 Å². The van der Waals surface area contributed by atoms with Gasteiger partial charge in [-0.1, -0.05) is 30.3 Å². The molecule has 0 amide bonds. The molecule has 0 spiro atoms. The Labute approximate surface area is 111 Å². The van der Waals surface area contributed by atoms with Crippen molar-refractivity contribution in [3.8, 4) is 0 Å². The summed E-state index contributed by atoms with van der Waals surface area (Å²) in [6, 6.07) is 8.07. The molecule has 6 heteroatoms. The van der Waals surface area contributed by atoms with Crippen LogP contribution in [0.2, 0.25) is 0 Å². The molecule has 1 nitrogen and oxygen atoms in total. The van der Waals surface area contributed by atoms with E-state index < -0.39 is 40.8 Å². The summed E-state index contributed by atoms with van der Waals surface area (Å²) in [5, 5.41) is 9.74. The number of halogens is 5. The van der Waals surface area contributed by atoms with Crippen molar-refractivity contribution in [2.45, 2.75) is 12.5 Å². The number of benzene rings is 2. The van der Waals surface area contributed by atoms with Gasteiger partial charge in [-0.3, -0.25) is 0 Å². The van der Waals surface area contributed by atoms with Gasteiger partial charge in [0.1, 0.15) is 0 Å². The van der Waals surface area contributed by atoms with E-state index in [1.54, 1.807) is 30.3 Å². The van der Waals surface area contributed by atoms with Gasteiger partial charge < -0.3 is 5.11 Å². The van der Waals surface area contributed by atoms with Gasteiger partial charge in [0, 0.05) is 6.42 Å². The molecule has 1 N–H and O–H groups in total. The van der Waals surface area contributed by atoms with Crippen LogP contribution >= 0.6 is 0 Å². The Morgan fingerprint density at radius 3 is 1.70 bits per heavy atom. The lowest BCUT2D eigenvalue weighted by atomic mass is 10.00. The van der Waals surface area contributed by atoms with Crippen LogP contribution in [-0.4, -0.2) is 5.11 Å². The molecule has 2 aromatic rings.